The number of aromatic amines is 1. The van der Waals surface area contributed by atoms with Gasteiger partial charge in [-0.2, -0.15) is 0 Å². The molecular formula is C39H64N6O5S. The lowest BCUT2D eigenvalue weighted by atomic mass is 9.80. The third kappa shape index (κ3) is 13.7. The summed E-state index contributed by atoms with van der Waals surface area (Å²) in [5, 5.41) is 9.21. The van der Waals surface area contributed by atoms with Gasteiger partial charge >= 0.3 is 0 Å². The summed E-state index contributed by atoms with van der Waals surface area (Å²) in [6.45, 7) is 11.6. The normalized spacial score (nSPS) is 17.3. The Morgan fingerprint density at radius 2 is 1.67 bits per heavy atom. The molecule has 6 N–H and O–H groups in total. The second-order valence-corrected chi connectivity index (χ2v) is 18.6. The van der Waals surface area contributed by atoms with Crippen LogP contribution in [0.25, 0.3) is 0 Å². The van der Waals surface area contributed by atoms with Gasteiger partial charge in [-0.05, 0) is 63.9 Å². The van der Waals surface area contributed by atoms with E-state index in [1.807, 2.05) is 44.2 Å². The van der Waals surface area contributed by atoms with Gasteiger partial charge in [0, 0.05) is 37.2 Å². The smallest absolute Gasteiger partial charge is 0.243 e. The van der Waals surface area contributed by atoms with Crippen molar-refractivity contribution in [3.05, 3.63) is 54.1 Å². The summed E-state index contributed by atoms with van der Waals surface area (Å²) in [5.74, 6) is -2.10. The van der Waals surface area contributed by atoms with Crippen molar-refractivity contribution in [3.8, 4) is 0 Å². The van der Waals surface area contributed by atoms with Gasteiger partial charge in [0.15, 0.2) is 9.84 Å². The Hall–Kier alpha value is -3.25. The predicted octanol–water partition coefficient (Wildman–Crippen LogP) is 4.87. The number of nitrogens with zero attached hydrogens (tertiary/aromatic N) is 1. The molecule has 0 radical (unpaired) electrons. The van der Waals surface area contributed by atoms with Crippen LogP contribution >= 0.6 is 0 Å². The van der Waals surface area contributed by atoms with Crippen LogP contribution in [0.15, 0.2) is 42.9 Å². The highest BCUT2D eigenvalue weighted by Crippen LogP contribution is 2.29. The highest BCUT2D eigenvalue weighted by molar-refractivity contribution is 7.92. The Morgan fingerprint density at radius 1 is 0.980 bits per heavy atom. The monoisotopic (exact) mass is 728 g/mol. The summed E-state index contributed by atoms with van der Waals surface area (Å²) < 4.78 is 25.7. The maximum atomic E-state index is 14.3. The second-order valence-electron chi connectivity index (χ2n) is 15.9. The fourth-order valence-corrected chi connectivity index (χ4v) is 8.12. The van der Waals surface area contributed by atoms with Gasteiger partial charge in [-0.15, -0.1) is 0 Å². The largest absolute Gasteiger partial charge is 0.356 e. The first-order valence-corrected chi connectivity index (χ1v) is 20.6. The lowest BCUT2D eigenvalue weighted by Crippen LogP contribution is -2.57. The van der Waals surface area contributed by atoms with Gasteiger partial charge in [-0.3, -0.25) is 14.4 Å². The van der Waals surface area contributed by atoms with Crippen LogP contribution in [0.4, 0.5) is 0 Å². The molecule has 3 amide bonds. The van der Waals surface area contributed by atoms with E-state index in [0.29, 0.717) is 31.0 Å². The molecule has 0 aliphatic heterocycles. The molecule has 2 aromatic rings. The molecule has 1 aromatic heterocycles. The number of amides is 3. The van der Waals surface area contributed by atoms with Crippen molar-refractivity contribution in [2.75, 3.05) is 12.3 Å². The Kier molecular flexibility index (Phi) is 16.6. The first-order chi connectivity index (χ1) is 24.1. The number of nitrogens with two attached hydrogens (primary N) is 1. The molecule has 0 unspecified atom stereocenters. The van der Waals surface area contributed by atoms with E-state index in [4.69, 9.17) is 5.73 Å². The molecule has 1 heterocycles. The standard InChI is InChI=1S/C39H64N6O5S/c1-7-8-19-42-37(47)32(27(2)3)23-33(40)34(21-29-17-13-10-14-18-29)44-38(48)35(22-31-24-41-26-43-31)45-36(46)30(20-28-15-11-9-12-16-28)25-51(49,50)39(4,5)6/h9,11-12,15-16,24,26-27,29-30,32-35H,7-8,10,13-14,17-23,25,40H2,1-6H3,(H,41,43)(H,42,47)(H,44,48)(H,45,46)/t30-,32+,33+,34+,35+/m1/s1. The molecular weight excluding hydrogens is 665 g/mol. The number of carbonyl (C=O) groups excluding carboxylic acids is 3. The van der Waals surface area contributed by atoms with E-state index < -0.39 is 50.4 Å². The van der Waals surface area contributed by atoms with Crippen LogP contribution in [0.5, 0.6) is 0 Å². The van der Waals surface area contributed by atoms with Crippen LogP contribution in [-0.2, 0) is 37.1 Å². The minimum Gasteiger partial charge on any atom is -0.356 e. The number of hydrogen-bond acceptors (Lipinski definition) is 7. The number of sulfone groups is 1. The Bertz CT molecular complexity index is 1450. The zero-order chi connectivity index (χ0) is 37.6. The summed E-state index contributed by atoms with van der Waals surface area (Å²) in [6.07, 6.45) is 12.0. The van der Waals surface area contributed by atoms with Crippen LogP contribution in [0.2, 0.25) is 0 Å². The number of hydrogen-bond donors (Lipinski definition) is 5. The number of H-pyrrole nitrogens is 1. The third-order valence-electron chi connectivity index (χ3n) is 10.3. The molecule has 12 heteroatoms. The van der Waals surface area contributed by atoms with E-state index in [1.165, 1.54) is 12.7 Å². The molecule has 5 atom stereocenters. The van der Waals surface area contributed by atoms with Crippen LogP contribution in [0, 0.1) is 23.7 Å². The van der Waals surface area contributed by atoms with Crippen LogP contribution in [0.1, 0.15) is 111 Å². The summed E-state index contributed by atoms with van der Waals surface area (Å²) in [7, 11) is -3.68. The molecule has 51 heavy (non-hydrogen) atoms. The number of benzene rings is 1. The zero-order valence-electron chi connectivity index (χ0n) is 31.7. The second kappa shape index (κ2) is 20.1. The fourth-order valence-electron chi connectivity index (χ4n) is 6.82. The van der Waals surface area contributed by atoms with Crippen molar-refractivity contribution in [1.82, 2.24) is 25.9 Å². The first-order valence-electron chi connectivity index (χ1n) is 19.0. The summed E-state index contributed by atoms with van der Waals surface area (Å²) in [6, 6.07) is 7.35. The summed E-state index contributed by atoms with van der Waals surface area (Å²) >= 11 is 0. The molecule has 1 fully saturated rings. The highest BCUT2D eigenvalue weighted by Gasteiger charge is 2.37. The van der Waals surface area contributed by atoms with Crippen molar-refractivity contribution in [2.24, 2.45) is 29.4 Å². The summed E-state index contributed by atoms with van der Waals surface area (Å²) in [4.78, 5) is 48.8. The van der Waals surface area contributed by atoms with E-state index >= 15 is 0 Å². The van der Waals surface area contributed by atoms with E-state index in [9.17, 15) is 22.8 Å². The number of carbonyl (C=O) groups is 3. The molecule has 0 saturated heterocycles. The van der Waals surface area contributed by atoms with Crippen LogP contribution in [-0.4, -0.2) is 71.3 Å². The van der Waals surface area contributed by atoms with E-state index in [0.717, 1.165) is 44.1 Å². The average molecular weight is 729 g/mol. The lowest BCUT2D eigenvalue weighted by molar-refractivity contribution is -0.131. The quantitative estimate of drug-likeness (QED) is 0.121. The van der Waals surface area contributed by atoms with Gasteiger partial charge in [-0.1, -0.05) is 89.6 Å². The van der Waals surface area contributed by atoms with E-state index in [2.05, 4.69) is 32.8 Å². The van der Waals surface area contributed by atoms with Crippen LogP contribution in [0.3, 0.4) is 0 Å². The number of imidazole rings is 1. The summed E-state index contributed by atoms with van der Waals surface area (Å²) in [5.41, 5.74) is 8.33. The molecule has 11 nitrogen and oxygen atoms in total. The number of unbranched alkanes of at least 4 members (excludes halogenated alkanes) is 1. The van der Waals surface area contributed by atoms with Gasteiger partial charge in [0.25, 0.3) is 0 Å². The number of rotatable bonds is 20. The van der Waals surface area contributed by atoms with Gasteiger partial charge in [0.05, 0.1) is 28.4 Å². The van der Waals surface area contributed by atoms with Crippen LogP contribution < -0.4 is 21.7 Å². The maximum absolute atomic E-state index is 14.3. The van der Waals surface area contributed by atoms with Gasteiger partial charge in [-0.25, -0.2) is 13.4 Å². The predicted molar refractivity (Wildman–Crippen MR) is 203 cm³/mol. The van der Waals surface area contributed by atoms with Crippen molar-refractivity contribution < 1.29 is 22.8 Å². The van der Waals surface area contributed by atoms with Gasteiger partial charge in [0.1, 0.15) is 6.04 Å². The van der Waals surface area contributed by atoms with E-state index in [1.54, 1.807) is 27.0 Å². The molecule has 3 rings (SSSR count). The molecule has 1 aromatic carbocycles. The molecule has 1 aliphatic rings. The molecule has 1 saturated carbocycles. The molecule has 1 aliphatic carbocycles. The number of aromatic nitrogens is 2. The van der Waals surface area contributed by atoms with Crippen molar-refractivity contribution in [1.29, 1.82) is 0 Å². The zero-order valence-corrected chi connectivity index (χ0v) is 32.6. The number of nitrogens with one attached hydrogen (secondary N) is 4. The minimum atomic E-state index is -3.68. The van der Waals surface area contributed by atoms with Gasteiger partial charge in [0.2, 0.25) is 17.7 Å². The highest BCUT2D eigenvalue weighted by atomic mass is 32.2. The van der Waals surface area contributed by atoms with Crippen molar-refractivity contribution >= 4 is 27.6 Å². The molecule has 286 valence electrons. The molecule has 0 spiro atoms. The Labute approximate surface area is 306 Å². The Morgan fingerprint density at radius 3 is 2.25 bits per heavy atom. The third-order valence-corrected chi connectivity index (χ3v) is 13.0. The fraction of sp³-hybridized carbons (Fsp3) is 0.692. The van der Waals surface area contributed by atoms with Gasteiger partial charge < -0.3 is 26.7 Å². The van der Waals surface area contributed by atoms with Crippen molar-refractivity contribution in [3.63, 3.8) is 0 Å². The topological polar surface area (TPSA) is 176 Å². The minimum absolute atomic E-state index is 0.0185. The molecule has 0 bridgehead atoms. The first kappa shape index (κ1) is 42.2. The van der Waals surface area contributed by atoms with E-state index in [-0.39, 0.29) is 36.3 Å². The maximum Gasteiger partial charge on any atom is 0.243 e. The SMILES string of the molecule is CCCCNC(=O)[C@@H](C[C@H](N)[C@H](CC1CCCCC1)NC(=O)[C@H](Cc1c[nH]cn1)NC(=O)[C@H](Cc1ccccc1)CS(=O)(=O)C(C)(C)C)C(C)C. The Balaban J connectivity index is 1.89. The lowest BCUT2D eigenvalue weighted by Gasteiger charge is -2.34. The average Bonchev–Trinajstić information content (AvgIpc) is 3.59. The van der Waals surface area contributed by atoms with Crippen molar-refractivity contribution in [2.45, 2.75) is 135 Å².